The van der Waals surface area contributed by atoms with Gasteiger partial charge in [0.25, 0.3) is 5.91 Å². The largest absolute Gasteiger partial charge is 0.492 e. The van der Waals surface area contributed by atoms with Crippen molar-refractivity contribution in [3.8, 4) is 5.75 Å². The van der Waals surface area contributed by atoms with Gasteiger partial charge in [-0.25, -0.2) is 9.37 Å². The Bertz CT molecular complexity index is 685. The van der Waals surface area contributed by atoms with E-state index in [0.717, 1.165) is 18.9 Å². The quantitative estimate of drug-likeness (QED) is 0.840. The number of amides is 1. The Balaban J connectivity index is 2.15. The standard InChI is InChI=1S/C18H22FN3O2/c1-4-22(5-2)17-10-7-13(12-20-17)18(23)21-15-9-8-14(19)11-16(15)24-6-3/h7-12H,4-6H2,1-3H3,(H,21,23). The maximum atomic E-state index is 13.3. The topological polar surface area (TPSA) is 54.5 Å². The van der Waals surface area contributed by atoms with Crippen molar-refractivity contribution < 1.29 is 13.9 Å². The smallest absolute Gasteiger partial charge is 0.257 e. The van der Waals surface area contributed by atoms with Crippen LogP contribution < -0.4 is 15.0 Å². The summed E-state index contributed by atoms with van der Waals surface area (Å²) in [4.78, 5) is 18.8. The van der Waals surface area contributed by atoms with Gasteiger partial charge in [0.1, 0.15) is 17.4 Å². The van der Waals surface area contributed by atoms with Crippen LogP contribution in [0.2, 0.25) is 0 Å². The molecule has 1 heterocycles. The second kappa shape index (κ2) is 8.29. The number of ether oxygens (including phenoxy) is 1. The van der Waals surface area contributed by atoms with Crippen LogP contribution in [-0.4, -0.2) is 30.6 Å². The number of halogens is 1. The molecular formula is C18H22FN3O2. The number of rotatable bonds is 7. The predicted molar refractivity (Wildman–Crippen MR) is 93.3 cm³/mol. The Morgan fingerprint density at radius 1 is 1.21 bits per heavy atom. The number of hydrogen-bond acceptors (Lipinski definition) is 4. The van der Waals surface area contributed by atoms with Crippen LogP contribution in [0.1, 0.15) is 31.1 Å². The number of aromatic nitrogens is 1. The minimum atomic E-state index is -0.415. The lowest BCUT2D eigenvalue weighted by molar-refractivity contribution is 0.102. The zero-order valence-electron chi connectivity index (χ0n) is 14.2. The molecule has 0 fully saturated rings. The molecule has 5 nitrogen and oxygen atoms in total. The van der Waals surface area contributed by atoms with Crippen LogP contribution in [0.25, 0.3) is 0 Å². The average Bonchev–Trinajstić information content (AvgIpc) is 2.59. The lowest BCUT2D eigenvalue weighted by Gasteiger charge is -2.19. The molecule has 1 aromatic heterocycles. The van der Waals surface area contributed by atoms with E-state index in [9.17, 15) is 9.18 Å². The van der Waals surface area contributed by atoms with E-state index in [4.69, 9.17) is 4.74 Å². The van der Waals surface area contributed by atoms with E-state index >= 15 is 0 Å². The fourth-order valence-corrected chi connectivity index (χ4v) is 2.32. The highest BCUT2D eigenvalue weighted by Gasteiger charge is 2.12. The molecule has 1 N–H and O–H groups in total. The molecule has 0 atom stereocenters. The summed E-state index contributed by atoms with van der Waals surface area (Å²) in [6, 6.07) is 7.55. The number of carbonyl (C=O) groups is 1. The van der Waals surface area contributed by atoms with Gasteiger partial charge in [0.2, 0.25) is 0 Å². The maximum Gasteiger partial charge on any atom is 0.257 e. The van der Waals surface area contributed by atoms with Crippen LogP contribution in [0.4, 0.5) is 15.9 Å². The number of nitrogens with one attached hydrogen (secondary N) is 1. The fraction of sp³-hybridized carbons (Fsp3) is 0.333. The van der Waals surface area contributed by atoms with Gasteiger partial charge < -0.3 is 15.0 Å². The van der Waals surface area contributed by atoms with Crippen LogP contribution in [0.3, 0.4) is 0 Å². The second-order valence-electron chi connectivity index (χ2n) is 5.10. The van der Waals surface area contributed by atoms with E-state index in [0.29, 0.717) is 23.6 Å². The van der Waals surface area contributed by atoms with E-state index in [1.807, 2.05) is 6.07 Å². The van der Waals surface area contributed by atoms with Gasteiger partial charge >= 0.3 is 0 Å². The summed E-state index contributed by atoms with van der Waals surface area (Å²) in [6.07, 6.45) is 1.53. The molecule has 0 aliphatic heterocycles. The summed E-state index contributed by atoms with van der Waals surface area (Å²) >= 11 is 0. The molecule has 0 aliphatic carbocycles. The Hall–Kier alpha value is -2.63. The Morgan fingerprint density at radius 2 is 1.96 bits per heavy atom. The van der Waals surface area contributed by atoms with Crippen LogP contribution in [0.5, 0.6) is 5.75 Å². The van der Waals surface area contributed by atoms with E-state index in [1.165, 1.54) is 24.4 Å². The number of benzene rings is 1. The number of anilines is 2. The molecule has 0 aliphatic rings. The van der Waals surface area contributed by atoms with Crippen molar-refractivity contribution in [3.05, 3.63) is 47.9 Å². The normalized spacial score (nSPS) is 10.3. The first-order chi connectivity index (χ1) is 11.6. The number of hydrogen-bond donors (Lipinski definition) is 1. The van der Waals surface area contributed by atoms with Gasteiger partial charge in [-0.2, -0.15) is 0 Å². The average molecular weight is 331 g/mol. The third kappa shape index (κ3) is 4.22. The summed E-state index contributed by atoms with van der Waals surface area (Å²) in [7, 11) is 0. The second-order valence-corrected chi connectivity index (χ2v) is 5.10. The third-order valence-corrected chi connectivity index (χ3v) is 3.59. The monoisotopic (exact) mass is 331 g/mol. The van der Waals surface area contributed by atoms with E-state index in [-0.39, 0.29) is 5.91 Å². The molecule has 128 valence electrons. The molecule has 24 heavy (non-hydrogen) atoms. The van der Waals surface area contributed by atoms with Crippen molar-refractivity contribution in [2.45, 2.75) is 20.8 Å². The zero-order valence-corrected chi connectivity index (χ0v) is 14.2. The van der Waals surface area contributed by atoms with E-state index in [1.54, 1.807) is 13.0 Å². The molecule has 0 radical (unpaired) electrons. The van der Waals surface area contributed by atoms with Gasteiger partial charge in [0.05, 0.1) is 17.9 Å². The highest BCUT2D eigenvalue weighted by atomic mass is 19.1. The van der Waals surface area contributed by atoms with Crippen molar-refractivity contribution in [1.29, 1.82) is 0 Å². The Morgan fingerprint density at radius 3 is 2.54 bits per heavy atom. The molecular weight excluding hydrogens is 309 g/mol. The van der Waals surface area contributed by atoms with Crippen molar-refractivity contribution in [2.75, 3.05) is 29.9 Å². The molecule has 0 unspecified atom stereocenters. The summed E-state index contributed by atoms with van der Waals surface area (Å²) in [6.45, 7) is 7.98. The summed E-state index contributed by atoms with van der Waals surface area (Å²) in [5, 5.41) is 2.73. The lowest BCUT2D eigenvalue weighted by atomic mass is 10.2. The highest BCUT2D eigenvalue weighted by molar-refractivity contribution is 6.04. The van der Waals surface area contributed by atoms with Crippen LogP contribution in [0, 0.1) is 5.82 Å². The highest BCUT2D eigenvalue weighted by Crippen LogP contribution is 2.26. The molecule has 1 aromatic carbocycles. The molecule has 2 aromatic rings. The summed E-state index contributed by atoms with van der Waals surface area (Å²) in [5.74, 6) is 0.398. The number of nitrogens with zero attached hydrogens (tertiary/aromatic N) is 2. The van der Waals surface area contributed by atoms with Gasteiger partial charge in [-0.15, -0.1) is 0 Å². The van der Waals surface area contributed by atoms with E-state index in [2.05, 4.69) is 29.0 Å². The van der Waals surface area contributed by atoms with Crippen molar-refractivity contribution in [2.24, 2.45) is 0 Å². The lowest BCUT2D eigenvalue weighted by Crippen LogP contribution is -2.23. The summed E-state index contributed by atoms with van der Waals surface area (Å²) in [5.41, 5.74) is 0.855. The SMILES string of the molecule is CCOc1cc(F)ccc1NC(=O)c1ccc(N(CC)CC)nc1. The van der Waals surface area contributed by atoms with Gasteiger partial charge in [-0.1, -0.05) is 0 Å². The predicted octanol–water partition coefficient (Wildman–Crippen LogP) is 3.72. The minimum Gasteiger partial charge on any atom is -0.492 e. The van der Waals surface area contributed by atoms with Crippen LogP contribution in [0.15, 0.2) is 36.5 Å². The number of pyridine rings is 1. The fourth-order valence-electron chi connectivity index (χ4n) is 2.32. The van der Waals surface area contributed by atoms with Crippen molar-refractivity contribution >= 4 is 17.4 Å². The van der Waals surface area contributed by atoms with Crippen LogP contribution >= 0.6 is 0 Å². The first kappa shape index (κ1) is 17.7. The summed E-state index contributed by atoms with van der Waals surface area (Å²) < 4.78 is 18.7. The maximum absolute atomic E-state index is 13.3. The molecule has 0 saturated heterocycles. The molecule has 0 spiro atoms. The van der Waals surface area contributed by atoms with Gasteiger partial charge in [0.15, 0.2) is 0 Å². The Labute approximate surface area is 141 Å². The molecule has 0 bridgehead atoms. The van der Waals surface area contributed by atoms with Crippen molar-refractivity contribution in [1.82, 2.24) is 4.98 Å². The first-order valence-electron chi connectivity index (χ1n) is 8.03. The third-order valence-electron chi connectivity index (χ3n) is 3.59. The molecule has 6 heteroatoms. The Kier molecular flexibility index (Phi) is 6.12. The molecule has 2 rings (SSSR count). The minimum absolute atomic E-state index is 0.304. The van der Waals surface area contributed by atoms with Crippen molar-refractivity contribution in [3.63, 3.8) is 0 Å². The number of carbonyl (C=O) groups excluding carboxylic acids is 1. The zero-order chi connectivity index (χ0) is 17.5. The van der Waals surface area contributed by atoms with Gasteiger partial charge in [-0.05, 0) is 45.0 Å². The van der Waals surface area contributed by atoms with E-state index < -0.39 is 5.82 Å². The van der Waals surface area contributed by atoms with Crippen LogP contribution in [-0.2, 0) is 0 Å². The van der Waals surface area contributed by atoms with Gasteiger partial charge in [0, 0.05) is 25.4 Å². The molecule has 1 amide bonds. The first-order valence-corrected chi connectivity index (χ1v) is 8.03. The van der Waals surface area contributed by atoms with Gasteiger partial charge in [-0.3, -0.25) is 4.79 Å². The molecule has 0 saturated carbocycles.